The molecular weight excluding hydrogens is 482 g/mol. The molecule has 0 saturated carbocycles. The summed E-state index contributed by atoms with van der Waals surface area (Å²) in [6, 6.07) is 8.90. The van der Waals surface area contributed by atoms with Crippen molar-refractivity contribution < 1.29 is 30.0 Å². The standard InChI is InChI=1S/C31H37NO6/c1-19(2)10-8-11-20(3)12-9-15-31(4)26(34)17-23-25(33)16-22-24(28(23)38-31)18-32(29(22)35)27(30(36)37)21-13-6-5-7-14-21/h5-7,10,12-14,16,18,26-27,33-35H,8-9,11,15,17H2,1-4H3,(H,36,37)/t26?,27-,31?/m0/s1. The number of fused-ring (bicyclic) bond motifs is 3. The van der Waals surface area contributed by atoms with E-state index in [2.05, 4.69) is 32.9 Å². The number of carboxylic acid groups (broad SMARTS) is 1. The highest BCUT2D eigenvalue weighted by molar-refractivity contribution is 5.96. The highest BCUT2D eigenvalue weighted by Gasteiger charge is 2.42. The second-order valence-corrected chi connectivity index (χ2v) is 10.7. The lowest BCUT2D eigenvalue weighted by Gasteiger charge is -2.40. The predicted octanol–water partition coefficient (Wildman–Crippen LogP) is 6.25. The summed E-state index contributed by atoms with van der Waals surface area (Å²) in [7, 11) is 0. The van der Waals surface area contributed by atoms with E-state index in [1.54, 1.807) is 36.5 Å². The second-order valence-electron chi connectivity index (χ2n) is 10.7. The van der Waals surface area contributed by atoms with Crippen molar-refractivity contribution in [2.75, 3.05) is 0 Å². The largest absolute Gasteiger partial charge is 0.508 e. The van der Waals surface area contributed by atoms with Crippen LogP contribution in [0.2, 0.25) is 0 Å². The number of rotatable bonds is 9. The summed E-state index contributed by atoms with van der Waals surface area (Å²) in [6.45, 7) is 8.13. The van der Waals surface area contributed by atoms with E-state index in [9.17, 15) is 25.2 Å². The minimum Gasteiger partial charge on any atom is -0.508 e. The van der Waals surface area contributed by atoms with Gasteiger partial charge >= 0.3 is 5.97 Å². The average Bonchev–Trinajstić information content (AvgIpc) is 3.16. The van der Waals surface area contributed by atoms with Gasteiger partial charge < -0.3 is 25.2 Å². The minimum absolute atomic E-state index is 0.108. The molecule has 0 radical (unpaired) electrons. The Labute approximate surface area is 223 Å². The van der Waals surface area contributed by atoms with Crippen LogP contribution in [-0.4, -0.2) is 42.7 Å². The number of hydrogen-bond donors (Lipinski definition) is 4. The Morgan fingerprint density at radius 1 is 1.13 bits per heavy atom. The van der Waals surface area contributed by atoms with Gasteiger partial charge in [0, 0.05) is 23.6 Å². The van der Waals surface area contributed by atoms with Crippen LogP contribution in [0.4, 0.5) is 0 Å². The third kappa shape index (κ3) is 5.43. The van der Waals surface area contributed by atoms with Gasteiger partial charge in [0.15, 0.2) is 11.9 Å². The predicted molar refractivity (Wildman–Crippen MR) is 148 cm³/mol. The fourth-order valence-electron chi connectivity index (χ4n) is 5.15. The van der Waals surface area contributed by atoms with Gasteiger partial charge in [-0.05, 0) is 65.0 Å². The summed E-state index contributed by atoms with van der Waals surface area (Å²) < 4.78 is 7.70. The van der Waals surface area contributed by atoms with Gasteiger partial charge in [-0.25, -0.2) is 4.79 Å². The van der Waals surface area contributed by atoms with Crippen LogP contribution in [0, 0.1) is 0 Å². The van der Waals surface area contributed by atoms with Crippen molar-refractivity contribution in [2.24, 2.45) is 0 Å². The van der Waals surface area contributed by atoms with E-state index >= 15 is 0 Å². The number of phenols is 1. The molecule has 0 spiro atoms. The molecule has 1 aliphatic heterocycles. The van der Waals surface area contributed by atoms with Gasteiger partial charge in [0.1, 0.15) is 17.1 Å². The Morgan fingerprint density at radius 2 is 1.84 bits per heavy atom. The van der Waals surface area contributed by atoms with Crippen LogP contribution in [-0.2, 0) is 11.2 Å². The van der Waals surface area contributed by atoms with Crippen LogP contribution in [0.5, 0.6) is 17.4 Å². The smallest absolute Gasteiger partial charge is 0.331 e. The molecule has 202 valence electrons. The highest BCUT2D eigenvalue weighted by Crippen LogP contribution is 2.48. The number of ether oxygens (including phenoxy) is 1. The number of carbonyl (C=O) groups is 1. The molecule has 0 aliphatic carbocycles. The van der Waals surface area contributed by atoms with Crippen molar-refractivity contribution in [1.82, 2.24) is 4.57 Å². The Hall–Kier alpha value is -3.71. The van der Waals surface area contributed by atoms with Gasteiger partial charge in [-0.3, -0.25) is 4.57 Å². The Kier molecular flexibility index (Phi) is 7.88. The number of carboxylic acids is 1. The van der Waals surface area contributed by atoms with Crippen LogP contribution in [0.3, 0.4) is 0 Å². The molecule has 1 aliphatic rings. The number of benzene rings is 2. The van der Waals surface area contributed by atoms with E-state index in [1.807, 2.05) is 6.92 Å². The van der Waals surface area contributed by atoms with E-state index in [1.165, 1.54) is 21.8 Å². The summed E-state index contributed by atoms with van der Waals surface area (Å²) >= 11 is 0. The normalized spacial score (nSPS) is 20.0. The number of aliphatic hydroxyl groups excluding tert-OH is 1. The molecule has 3 aromatic rings. The average molecular weight is 520 g/mol. The Morgan fingerprint density at radius 3 is 2.50 bits per heavy atom. The molecule has 1 aromatic heterocycles. The molecule has 3 atom stereocenters. The van der Waals surface area contributed by atoms with Crippen LogP contribution in [0.25, 0.3) is 10.8 Å². The number of aromatic nitrogens is 1. The quantitative estimate of drug-likeness (QED) is 0.249. The molecule has 4 rings (SSSR count). The maximum absolute atomic E-state index is 12.2. The van der Waals surface area contributed by atoms with Crippen molar-refractivity contribution >= 4 is 16.7 Å². The topological polar surface area (TPSA) is 112 Å². The first-order valence-corrected chi connectivity index (χ1v) is 13.0. The molecule has 38 heavy (non-hydrogen) atoms. The summed E-state index contributed by atoms with van der Waals surface area (Å²) in [5.74, 6) is -1.15. The van der Waals surface area contributed by atoms with Crippen molar-refractivity contribution in [2.45, 2.75) is 77.5 Å². The molecular formula is C31H37NO6. The lowest BCUT2D eigenvalue weighted by molar-refractivity contribution is -0.139. The van der Waals surface area contributed by atoms with Gasteiger partial charge in [0.2, 0.25) is 0 Å². The zero-order chi connectivity index (χ0) is 27.6. The van der Waals surface area contributed by atoms with Crippen LogP contribution in [0.15, 0.2) is 65.9 Å². The molecule has 0 saturated heterocycles. The summed E-state index contributed by atoms with van der Waals surface area (Å²) in [6.07, 6.45) is 8.53. The lowest BCUT2D eigenvalue weighted by Crippen LogP contribution is -2.48. The van der Waals surface area contributed by atoms with Gasteiger partial charge in [-0.2, -0.15) is 0 Å². The van der Waals surface area contributed by atoms with Crippen molar-refractivity contribution in [3.63, 3.8) is 0 Å². The number of aliphatic hydroxyl groups is 1. The number of aromatic hydroxyl groups is 2. The molecule has 2 unspecified atom stereocenters. The molecule has 2 heterocycles. The van der Waals surface area contributed by atoms with Crippen LogP contribution >= 0.6 is 0 Å². The molecule has 0 amide bonds. The Balaban J connectivity index is 1.67. The summed E-state index contributed by atoms with van der Waals surface area (Å²) in [5, 5.41) is 43.6. The maximum atomic E-state index is 12.2. The first-order valence-electron chi connectivity index (χ1n) is 13.0. The van der Waals surface area contributed by atoms with E-state index < -0.39 is 23.7 Å². The molecule has 7 nitrogen and oxygen atoms in total. The van der Waals surface area contributed by atoms with Crippen molar-refractivity contribution in [3.8, 4) is 17.4 Å². The van der Waals surface area contributed by atoms with E-state index in [-0.39, 0.29) is 23.4 Å². The zero-order valence-electron chi connectivity index (χ0n) is 22.4. The number of phenolic OH excluding ortho intramolecular Hbond substituents is 1. The molecule has 0 bridgehead atoms. The second kappa shape index (κ2) is 11.0. The van der Waals surface area contributed by atoms with Gasteiger partial charge in [0.05, 0.1) is 11.5 Å². The third-order valence-electron chi connectivity index (χ3n) is 7.44. The maximum Gasteiger partial charge on any atom is 0.331 e. The molecule has 7 heteroatoms. The van der Waals surface area contributed by atoms with E-state index in [0.29, 0.717) is 35.1 Å². The number of aliphatic carboxylic acids is 1. The zero-order valence-corrected chi connectivity index (χ0v) is 22.4. The lowest BCUT2D eigenvalue weighted by atomic mass is 9.84. The molecule has 4 N–H and O–H groups in total. The molecule has 2 aromatic carbocycles. The Bertz CT molecular complexity index is 1380. The van der Waals surface area contributed by atoms with Crippen LogP contribution in [0.1, 0.15) is 70.5 Å². The van der Waals surface area contributed by atoms with Crippen molar-refractivity contribution in [1.29, 1.82) is 0 Å². The number of nitrogens with zero attached hydrogens (tertiary/aromatic N) is 1. The fraction of sp³-hybridized carbons (Fsp3) is 0.387. The van der Waals surface area contributed by atoms with E-state index in [0.717, 1.165) is 12.8 Å². The number of hydrogen-bond acceptors (Lipinski definition) is 5. The summed E-state index contributed by atoms with van der Waals surface area (Å²) in [5.41, 5.74) is 2.60. The van der Waals surface area contributed by atoms with Crippen molar-refractivity contribution in [3.05, 3.63) is 77.0 Å². The third-order valence-corrected chi connectivity index (χ3v) is 7.44. The van der Waals surface area contributed by atoms with E-state index in [4.69, 9.17) is 4.74 Å². The van der Waals surface area contributed by atoms with Gasteiger partial charge in [-0.15, -0.1) is 0 Å². The van der Waals surface area contributed by atoms with Gasteiger partial charge in [0.25, 0.3) is 0 Å². The molecule has 0 fully saturated rings. The highest BCUT2D eigenvalue weighted by atomic mass is 16.5. The monoisotopic (exact) mass is 519 g/mol. The SMILES string of the molecule is CC(C)=CCCC(C)=CCCC1(C)Oc2c(c(O)cc3c(O)n([C@H](C(=O)O)c4ccccc4)cc23)CC1O. The van der Waals surface area contributed by atoms with Gasteiger partial charge in [-0.1, -0.05) is 53.6 Å². The number of allylic oxidation sites excluding steroid dienone is 4. The minimum atomic E-state index is -1.17. The first-order chi connectivity index (χ1) is 18.0. The van der Waals surface area contributed by atoms with Crippen LogP contribution < -0.4 is 4.74 Å². The first kappa shape index (κ1) is 27.3. The fourth-order valence-corrected chi connectivity index (χ4v) is 5.15. The summed E-state index contributed by atoms with van der Waals surface area (Å²) in [4.78, 5) is 12.2.